The largest absolute Gasteiger partial charge is 0.588 e. The number of ether oxygens (including phenoxy) is 6. The molecule has 3 aromatic carbocycles. The van der Waals surface area contributed by atoms with Gasteiger partial charge in [-0.15, -0.1) is 0 Å². The van der Waals surface area contributed by atoms with Crippen LogP contribution in [0.5, 0.6) is 11.5 Å². The number of phosphoric acid groups is 1. The Hall–Kier alpha value is -4.77. The molecule has 6 atom stereocenters. The van der Waals surface area contributed by atoms with Gasteiger partial charge < -0.3 is 48.1 Å². The lowest BCUT2D eigenvalue weighted by molar-refractivity contribution is -0.195. The van der Waals surface area contributed by atoms with Gasteiger partial charge in [0.05, 0.1) is 31.1 Å². The summed E-state index contributed by atoms with van der Waals surface area (Å²) in [5, 5.41) is 5.70. The fourth-order valence-electron chi connectivity index (χ4n) is 11.5. The van der Waals surface area contributed by atoms with E-state index in [-0.39, 0.29) is 43.8 Å². The summed E-state index contributed by atoms with van der Waals surface area (Å²) in [5.41, 5.74) is 0.766. The molecule has 4 rings (SSSR count). The molecule has 0 aromatic heterocycles. The minimum Gasteiger partial charge on any atom is -0.461 e. The van der Waals surface area contributed by atoms with E-state index >= 15 is 9.36 Å². The molecule has 0 spiro atoms. The number of carbonyl (C=O) groups is 4. The number of carbonyl (C=O) groups excluding carboxylic acids is 4. The zero-order valence-corrected chi connectivity index (χ0v) is 60.3. The molecular formula is C75H123N2O14PSi. The van der Waals surface area contributed by atoms with Gasteiger partial charge in [-0.1, -0.05) is 293 Å². The molecule has 18 heteroatoms. The minimum absolute atomic E-state index is 0.0169. The van der Waals surface area contributed by atoms with E-state index in [2.05, 4.69) is 51.0 Å². The SMILES string of the molecule is CCCCCCCCCCCCC(CCCCCCCCCCCC)C(=O)O[C@H]1[C@H](OP(=O)(Oc2ccccc2)Oc2ccccc2)[C@@H](COC(=O)[C@H](C)NC(=O)OCc2ccccc2)OC[C@@H]1NC(=O)C[C@@H](CCCCCCCCCCC)OCOCC[Si](C)(C)C. The summed E-state index contributed by atoms with van der Waals surface area (Å²) in [6.45, 7) is 14.9. The van der Waals surface area contributed by atoms with E-state index in [1.165, 1.54) is 122 Å². The summed E-state index contributed by atoms with van der Waals surface area (Å²) < 4.78 is 71.9. The molecule has 1 aliphatic heterocycles. The summed E-state index contributed by atoms with van der Waals surface area (Å²) in [7, 11) is -6.22. The molecule has 1 fully saturated rings. The van der Waals surface area contributed by atoms with Crippen molar-refractivity contribution in [3.05, 3.63) is 96.6 Å². The van der Waals surface area contributed by atoms with E-state index in [1.54, 1.807) is 60.7 Å². The second-order valence-corrected chi connectivity index (χ2v) is 34.0. The van der Waals surface area contributed by atoms with Crippen LogP contribution in [0.2, 0.25) is 25.7 Å². The number of esters is 2. The van der Waals surface area contributed by atoms with Gasteiger partial charge in [-0.05, 0) is 62.1 Å². The van der Waals surface area contributed by atoms with Crippen LogP contribution in [-0.4, -0.2) is 95.1 Å². The van der Waals surface area contributed by atoms with Gasteiger partial charge in [0.2, 0.25) is 5.91 Å². The normalized spacial score (nSPS) is 16.5. The Morgan fingerprint density at radius 3 is 1.49 bits per heavy atom. The van der Waals surface area contributed by atoms with Crippen molar-refractivity contribution < 1.29 is 65.7 Å². The van der Waals surface area contributed by atoms with Gasteiger partial charge in [-0.25, -0.2) is 14.2 Å². The molecule has 1 aliphatic rings. The van der Waals surface area contributed by atoms with Gasteiger partial charge in [0.1, 0.15) is 49.8 Å². The average Bonchev–Trinajstić information content (AvgIpc) is 0.809. The first kappa shape index (κ1) is 80.7. The van der Waals surface area contributed by atoms with Crippen molar-refractivity contribution in [3.63, 3.8) is 0 Å². The van der Waals surface area contributed by atoms with E-state index in [9.17, 15) is 14.4 Å². The summed E-state index contributed by atoms with van der Waals surface area (Å²) in [6.07, 6.45) is 29.6. The van der Waals surface area contributed by atoms with Crippen LogP contribution in [0.3, 0.4) is 0 Å². The van der Waals surface area contributed by atoms with Crippen LogP contribution in [-0.2, 0) is 58.5 Å². The van der Waals surface area contributed by atoms with Gasteiger partial charge >= 0.3 is 25.9 Å². The van der Waals surface area contributed by atoms with Gasteiger partial charge in [0.25, 0.3) is 0 Å². The molecule has 526 valence electrons. The van der Waals surface area contributed by atoms with Crippen LogP contribution in [0.4, 0.5) is 4.79 Å². The first-order chi connectivity index (χ1) is 45.1. The number of amides is 2. The molecule has 93 heavy (non-hydrogen) atoms. The average molecular weight is 1340 g/mol. The van der Waals surface area contributed by atoms with Crippen molar-refractivity contribution in [1.29, 1.82) is 0 Å². The topological polar surface area (TPSA) is 192 Å². The fourth-order valence-corrected chi connectivity index (χ4v) is 13.7. The molecule has 0 bridgehead atoms. The maximum atomic E-state index is 15.6. The van der Waals surface area contributed by atoms with Crippen LogP contribution >= 0.6 is 7.82 Å². The number of phosphoric ester groups is 1. The lowest BCUT2D eigenvalue weighted by Gasteiger charge is -2.42. The first-order valence-corrected chi connectivity index (χ1v) is 41.5. The number of benzene rings is 3. The van der Waals surface area contributed by atoms with E-state index in [0.29, 0.717) is 25.9 Å². The van der Waals surface area contributed by atoms with Gasteiger partial charge in [-0.3, -0.25) is 14.1 Å². The lowest BCUT2D eigenvalue weighted by atomic mass is 9.93. The molecule has 0 radical (unpaired) electrons. The third kappa shape index (κ3) is 37.9. The third-order valence-electron chi connectivity index (χ3n) is 17.2. The quantitative estimate of drug-likeness (QED) is 0.0135. The number of unbranched alkanes of at least 4 members (excludes halogenated alkanes) is 26. The fraction of sp³-hybridized carbons (Fsp3) is 0.707. The van der Waals surface area contributed by atoms with Crippen LogP contribution < -0.4 is 19.7 Å². The number of hydrogen-bond acceptors (Lipinski definition) is 14. The molecule has 3 aromatic rings. The number of hydrogen-bond donors (Lipinski definition) is 2. The number of para-hydroxylation sites is 2. The Morgan fingerprint density at radius 1 is 0.570 bits per heavy atom. The highest BCUT2D eigenvalue weighted by atomic mass is 31.2. The maximum Gasteiger partial charge on any atom is 0.588 e. The minimum atomic E-state index is -4.84. The van der Waals surface area contributed by atoms with E-state index in [1.807, 2.05) is 30.3 Å². The number of nitrogens with one attached hydrogen (secondary N) is 2. The molecule has 2 N–H and O–H groups in total. The van der Waals surface area contributed by atoms with Crippen molar-refractivity contribution in [2.45, 2.75) is 308 Å². The summed E-state index contributed by atoms with van der Waals surface area (Å²) >= 11 is 0. The standard InChI is InChI=1S/C75H123N2O14PSi/c1-8-11-14-17-20-23-26-28-31-39-48-64(49-40-32-29-27-24-21-18-15-12-9-2)74(80)88-71-68(77-70(78)57-67(87-61-83-55-56-93(5,6)7)54-41-33-30-25-22-19-16-13-10-3)59-84-69(60-85-73(79)62(4)76-75(81)86-58-63-46-37-34-38-47-63)72(71)91-92(82,89-65-50-42-35-43-51-65)90-66-52-44-36-45-53-66/h34-38,42-47,50-53,62,64,67-69,71-72H,8-33,39-41,48-49,54-61H2,1-7H3,(H,76,81)(H,77,78)/t62-,67+,68-,69+,71+,72+/m0/s1. The van der Waals surface area contributed by atoms with Gasteiger partial charge in [-0.2, -0.15) is 0 Å². The third-order valence-corrected chi connectivity index (χ3v) is 20.3. The number of alkyl carbamates (subject to hydrolysis) is 1. The Labute approximate surface area is 562 Å². The lowest BCUT2D eigenvalue weighted by Crippen LogP contribution is -2.62. The molecule has 0 saturated carbocycles. The molecule has 0 aliphatic carbocycles. The van der Waals surface area contributed by atoms with Crippen molar-refractivity contribution in [2.24, 2.45) is 5.92 Å². The van der Waals surface area contributed by atoms with Crippen LogP contribution in [0.15, 0.2) is 91.0 Å². The smallest absolute Gasteiger partial charge is 0.461 e. The molecule has 1 heterocycles. The maximum absolute atomic E-state index is 15.6. The highest BCUT2D eigenvalue weighted by molar-refractivity contribution is 7.49. The molecule has 16 nitrogen and oxygen atoms in total. The second-order valence-electron chi connectivity index (χ2n) is 26.9. The predicted molar refractivity (Wildman–Crippen MR) is 375 cm³/mol. The van der Waals surface area contributed by atoms with Gasteiger partial charge in [0.15, 0.2) is 6.10 Å². The Balaban J connectivity index is 1.71. The van der Waals surface area contributed by atoms with Crippen molar-refractivity contribution in [1.82, 2.24) is 10.6 Å². The van der Waals surface area contributed by atoms with E-state index in [0.717, 1.165) is 82.2 Å². The van der Waals surface area contributed by atoms with Crippen LogP contribution in [0.1, 0.15) is 245 Å². The predicted octanol–water partition coefficient (Wildman–Crippen LogP) is 19.5. The van der Waals surface area contributed by atoms with E-state index in [4.69, 9.17) is 42.0 Å². The van der Waals surface area contributed by atoms with Crippen molar-refractivity contribution in [3.8, 4) is 11.5 Å². The first-order valence-electron chi connectivity index (χ1n) is 36.3. The Bertz CT molecular complexity index is 2370. The highest BCUT2D eigenvalue weighted by Crippen LogP contribution is 2.52. The summed E-state index contributed by atoms with van der Waals surface area (Å²) in [5.74, 6) is -1.88. The van der Waals surface area contributed by atoms with Crippen LogP contribution in [0.25, 0.3) is 0 Å². The Morgan fingerprint density at radius 2 is 1.02 bits per heavy atom. The second kappa shape index (κ2) is 49.7. The Kier molecular flexibility index (Phi) is 43.1. The molecular weight excluding hydrogens is 1210 g/mol. The number of rotatable bonds is 55. The van der Waals surface area contributed by atoms with Crippen molar-refractivity contribution >= 4 is 39.8 Å². The zero-order chi connectivity index (χ0) is 67.0. The van der Waals surface area contributed by atoms with Gasteiger partial charge in [0, 0.05) is 14.7 Å². The van der Waals surface area contributed by atoms with E-state index < -0.39 is 83.0 Å². The molecule has 0 unspecified atom stereocenters. The highest BCUT2D eigenvalue weighted by Gasteiger charge is 2.51. The molecule has 2 amide bonds. The molecule has 1 saturated heterocycles. The monoisotopic (exact) mass is 1330 g/mol. The zero-order valence-electron chi connectivity index (χ0n) is 58.4. The van der Waals surface area contributed by atoms with Crippen LogP contribution in [0, 0.1) is 5.92 Å². The summed E-state index contributed by atoms with van der Waals surface area (Å²) in [4.78, 5) is 57.0. The van der Waals surface area contributed by atoms with Crippen molar-refractivity contribution in [2.75, 3.05) is 26.6 Å². The summed E-state index contributed by atoms with van der Waals surface area (Å²) in [6, 6.07) is 24.7.